The van der Waals surface area contributed by atoms with Crippen molar-refractivity contribution in [3.63, 3.8) is 0 Å². The Bertz CT molecular complexity index is 803. The van der Waals surface area contributed by atoms with Gasteiger partial charge in [0.15, 0.2) is 6.61 Å². The number of ether oxygens (including phenoxy) is 1. The van der Waals surface area contributed by atoms with E-state index in [0.29, 0.717) is 11.4 Å². The molecule has 2 N–H and O–H groups in total. The van der Waals surface area contributed by atoms with E-state index in [9.17, 15) is 9.18 Å². The lowest BCUT2D eigenvalue weighted by atomic mass is 10.1. The van der Waals surface area contributed by atoms with Crippen LogP contribution in [-0.2, 0) is 4.79 Å². The van der Waals surface area contributed by atoms with Gasteiger partial charge in [-0.3, -0.25) is 9.89 Å². The lowest BCUT2D eigenvalue weighted by Gasteiger charge is -2.08. The Morgan fingerprint density at radius 3 is 2.83 bits per heavy atom. The van der Waals surface area contributed by atoms with Crippen LogP contribution in [0.4, 0.5) is 10.1 Å². The van der Waals surface area contributed by atoms with Crippen molar-refractivity contribution < 1.29 is 13.9 Å². The summed E-state index contributed by atoms with van der Waals surface area (Å²) >= 11 is 0. The van der Waals surface area contributed by atoms with Crippen LogP contribution < -0.4 is 10.1 Å². The van der Waals surface area contributed by atoms with Crippen molar-refractivity contribution in [2.24, 2.45) is 0 Å². The van der Waals surface area contributed by atoms with E-state index >= 15 is 0 Å². The summed E-state index contributed by atoms with van der Waals surface area (Å²) in [6, 6.07) is 14.8. The molecule has 0 saturated heterocycles. The highest BCUT2D eigenvalue weighted by Crippen LogP contribution is 2.20. The SMILES string of the molecule is O=C(COc1cccc(F)c1)Nc1cccc(-c2ccn[nH]2)c1. The number of carbonyl (C=O) groups is 1. The Morgan fingerprint density at radius 2 is 2.04 bits per heavy atom. The molecule has 2 aromatic carbocycles. The number of anilines is 1. The van der Waals surface area contributed by atoms with Crippen LogP contribution in [0.15, 0.2) is 60.8 Å². The summed E-state index contributed by atoms with van der Waals surface area (Å²) in [5.41, 5.74) is 2.41. The molecule has 0 aliphatic rings. The first-order chi connectivity index (χ1) is 11.2. The van der Waals surface area contributed by atoms with E-state index < -0.39 is 5.82 Å². The zero-order valence-corrected chi connectivity index (χ0v) is 12.1. The summed E-state index contributed by atoms with van der Waals surface area (Å²) in [5.74, 6) is -0.419. The second-order valence-electron chi connectivity index (χ2n) is 4.85. The molecule has 116 valence electrons. The molecule has 0 radical (unpaired) electrons. The minimum absolute atomic E-state index is 0.197. The molecule has 1 aromatic heterocycles. The summed E-state index contributed by atoms with van der Waals surface area (Å²) in [4.78, 5) is 11.9. The highest BCUT2D eigenvalue weighted by molar-refractivity contribution is 5.92. The predicted molar refractivity (Wildman–Crippen MR) is 84.5 cm³/mol. The number of hydrogen-bond acceptors (Lipinski definition) is 3. The molecule has 6 heteroatoms. The highest BCUT2D eigenvalue weighted by Gasteiger charge is 2.06. The average molecular weight is 311 g/mol. The summed E-state index contributed by atoms with van der Waals surface area (Å²) in [6.07, 6.45) is 1.66. The maximum Gasteiger partial charge on any atom is 0.262 e. The van der Waals surface area contributed by atoms with Crippen LogP contribution in [0, 0.1) is 5.82 Å². The van der Waals surface area contributed by atoms with Gasteiger partial charge in [0, 0.05) is 23.5 Å². The molecule has 0 unspecified atom stereocenters. The van der Waals surface area contributed by atoms with Crippen molar-refractivity contribution in [2.75, 3.05) is 11.9 Å². The quantitative estimate of drug-likeness (QED) is 0.760. The zero-order valence-electron chi connectivity index (χ0n) is 12.1. The van der Waals surface area contributed by atoms with Crippen LogP contribution >= 0.6 is 0 Å². The highest BCUT2D eigenvalue weighted by atomic mass is 19.1. The van der Waals surface area contributed by atoms with Crippen LogP contribution in [0.3, 0.4) is 0 Å². The first kappa shape index (κ1) is 14.8. The normalized spacial score (nSPS) is 10.3. The van der Waals surface area contributed by atoms with E-state index in [1.54, 1.807) is 18.3 Å². The molecule has 23 heavy (non-hydrogen) atoms. The number of carbonyl (C=O) groups excluding carboxylic acids is 1. The largest absolute Gasteiger partial charge is 0.484 e. The first-order valence-electron chi connectivity index (χ1n) is 6.99. The molecule has 0 aliphatic carbocycles. The van der Waals surface area contributed by atoms with E-state index in [0.717, 1.165) is 11.3 Å². The third-order valence-electron chi connectivity index (χ3n) is 3.12. The van der Waals surface area contributed by atoms with Crippen molar-refractivity contribution in [3.05, 3.63) is 66.6 Å². The van der Waals surface area contributed by atoms with E-state index in [1.165, 1.54) is 18.2 Å². The van der Waals surface area contributed by atoms with E-state index in [4.69, 9.17) is 4.74 Å². The van der Waals surface area contributed by atoms with Crippen LogP contribution in [0.2, 0.25) is 0 Å². The van der Waals surface area contributed by atoms with Gasteiger partial charge in [0.25, 0.3) is 5.91 Å². The van der Waals surface area contributed by atoms with Gasteiger partial charge in [-0.05, 0) is 30.3 Å². The van der Waals surface area contributed by atoms with Crippen LogP contribution in [-0.4, -0.2) is 22.7 Å². The maximum atomic E-state index is 13.0. The van der Waals surface area contributed by atoms with E-state index in [1.807, 2.05) is 24.3 Å². The summed E-state index contributed by atoms with van der Waals surface area (Å²) in [7, 11) is 0. The van der Waals surface area contributed by atoms with E-state index in [2.05, 4.69) is 15.5 Å². The third kappa shape index (κ3) is 3.94. The topological polar surface area (TPSA) is 67.0 Å². The second-order valence-corrected chi connectivity index (χ2v) is 4.85. The van der Waals surface area contributed by atoms with Crippen LogP contribution in [0.5, 0.6) is 5.75 Å². The smallest absolute Gasteiger partial charge is 0.262 e. The molecule has 1 heterocycles. The third-order valence-corrected chi connectivity index (χ3v) is 3.12. The molecular formula is C17H14FN3O2. The minimum Gasteiger partial charge on any atom is -0.484 e. The minimum atomic E-state index is -0.407. The molecule has 0 bridgehead atoms. The maximum absolute atomic E-state index is 13.0. The van der Waals surface area contributed by atoms with Gasteiger partial charge < -0.3 is 10.1 Å². The van der Waals surface area contributed by atoms with Crippen molar-refractivity contribution in [2.45, 2.75) is 0 Å². The van der Waals surface area contributed by atoms with Gasteiger partial charge in [-0.15, -0.1) is 0 Å². The fourth-order valence-corrected chi connectivity index (χ4v) is 2.08. The molecule has 5 nitrogen and oxygen atoms in total. The van der Waals surface area contributed by atoms with Gasteiger partial charge in [-0.1, -0.05) is 18.2 Å². The van der Waals surface area contributed by atoms with Crippen molar-refractivity contribution in [1.29, 1.82) is 0 Å². The van der Waals surface area contributed by atoms with Gasteiger partial charge in [0.2, 0.25) is 0 Å². The number of nitrogens with zero attached hydrogens (tertiary/aromatic N) is 1. The van der Waals surface area contributed by atoms with Gasteiger partial charge in [-0.25, -0.2) is 4.39 Å². The summed E-state index contributed by atoms with van der Waals surface area (Å²) < 4.78 is 18.3. The van der Waals surface area contributed by atoms with Crippen LogP contribution in [0.1, 0.15) is 0 Å². The van der Waals surface area contributed by atoms with Crippen molar-refractivity contribution in [3.8, 4) is 17.0 Å². The fourth-order valence-electron chi connectivity index (χ4n) is 2.08. The van der Waals surface area contributed by atoms with Gasteiger partial charge in [0.05, 0.1) is 5.69 Å². The number of H-pyrrole nitrogens is 1. The first-order valence-corrected chi connectivity index (χ1v) is 6.99. The number of amides is 1. The van der Waals surface area contributed by atoms with Crippen molar-refractivity contribution >= 4 is 11.6 Å². The lowest BCUT2D eigenvalue weighted by Crippen LogP contribution is -2.20. The number of aromatic nitrogens is 2. The Kier molecular flexibility index (Phi) is 4.33. The molecular weight excluding hydrogens is 297 g/mol. The standard InChI is InChI=1S/C17H14FN3O2/c18-13-4-2-6-15(10-13)23-11-17(22)20-14-5-1-3-12(9-14)16-7-8-19-21-16/h1-10H,11H2,(H,19,21)(H,20,22). The second kappa shape index (κ2) is 6.74. The summed E-state index contributed by atoms with van der Waals surface area (Å²) in [6.45, 7) is -0.197. The number of aromatic amines is 1. The molecule has 0 fully saturated rings. The molecule has 3 rings (SSSR count). The molecule has 0 saturated carbocycles. The van der Waals surface area contributed by atoms with Gasteiger partial charge in [0.1, 0.15) is 11.6 Å². The molecule has 3 aromatic rings. The number of rotatable bonds is 5. The van der Waals surface area contributed by atoms with Crippen molar-refractivity contribution in [1.82, 2.24) is 10.2 Å². The fraction of sp³-hybridized carbons (Fsp3) is 0.0588. The van der Waals surface area contributed by atoms with Crippen LogP contribution in [0.25, 0.3) is 11.3 Å². The molecule has 1 amide bonds. The lowest BCUT2D eigenvalue weighted by molar-refractivity contribution is -0.118. The number of halogens is 1. The number of nitrogens with one attached hydrogen (secondary N) is 2. The Balaban J connectivity index is 1.61. The molecule has 0 aliphatic heterocycles. The Labute approximate surface area is 132 Å². The zero-order chi connectivity index (χ0) is 16.1. The molecule has 0 atom stereocenters. The monoisotopic (exact) mass is 311 g/mol. The van der Waals surface area contributed by atoms with E-state index in [-0.39, 0.29) is 12.5 Å². The summed E-state index contributed by atoms with van der Waals surface area (Å²) in [5, 5.41) is 9.50. The molecule has 0 spiro atoms. The number of hydrogen-bond donors (Lipinski definition) is 2. The predicted octanol–water partition coefficient (Wildman–Crippen LogP) is 3.23. The Morgan fingerprint density at radius 1 is 1.17 bits per heavy atom. The number of benzene rings is 2. The van der Waals surface area contributed by atoms with Gasteiger partial charge in [-0.2, -0.15) is 5.10 Å². The van der Waals surface area contributed by atoms with Gasteiger partial charge >= 0.3 is 0 Å². The Hall–Kier alpha value is -3.15. The average Bonchev–Trinajstić information content (AvgIpc) is 3.08.